The molecule has 9 heteroatoms. The summed E-state index contributed by atoms with van der Waals surface area (Å²) in [5, 5.41) is 40.4. The number of rotatable bonds is 6. The molecule has 3 aromatic rings. The van der Waals surface area contributed by atoms with Gasteiger partial charge in [-0.05, 0) is 32.0 Å². The fourth-order valence-corrected chi connectivity index (χ4v) is 4.23. The first-order chi connectivity index (χ1) is 15.7. The zero-order valence-corrected chi connectivity index (χ0v) is 18.2. The van der Waals surface area contributed by atoms with Gasteiger partial charge in [-0.3, -0.25) is 0 Å². The third-order valence-electron chi connectivity index (χ3n) is 5.82. The Morgan fingerprint density at radius 2 is 1.79 bits per heavy atom. The van der Waals surface area contributed by atoms with Crippen molar-refractivity contribution < 1.29 is 38.7 Å². The van der Waals surface area contributed by atoms with Crippen LogP contribution in [-0.2, 0) is 11.3 Å². The van der Waals surface area contributed by atoms with Gasteiger partial charge in [0.15, 0.2) is 0 Å². The van der Waals surface area contributed by atoms with E-state index in [9.17, 15) is 29.2 Å². The maximum Gasteiger partial charge on any atom is 0.132 e. The van der Waals surface area contributed by atoms with Crippen LogP contribution in [0.15, 0.2) is 42.6 Å². The van der Waals surface area contributed by atoms with Gasteiger partial charge < -0.3 is 34.5 Å². The van der Waals surface area contributed by atoms with Gasteiger partial charge in [0.2, 0.25) is 0 Å². The molecule has 0 radical (unpaired) electrons. The van der Waals surface area contributed by atoms with Crippen LogP contribution >= 0.6 is 0 Å². The number of benzene rings is 2. The van der Waals surface area contributed by atoms with E-state index in [1.165, 1.54) is 24.4 Å². The van der Waals surface area contributed by atoms with E-state index in [4.69, 9.17) is 9.47 Å². The van der Waals surface area contributed by atoms with Crippen molar-refractivity contribution >= 4 is 10.9 Å². The van der Waals surface area contributed by atoms with Gasteiger partial charge in [0.25, 0.3) is 0 Å². The molecule has 1 saturated heterocycles. The second-order valence-corrected chi connectivity index (χ2v) is 8.52. The largest absolute Gasteiger partial charge is 0.491 e. The molecule has 0 unspecified atom stereocenters. The quantitative estimate of drug-likeness (QED) is 0.447. The molecule has 0 aliphatic carbocycles. The Balaban J connectivity index is 1.74. The van der Waals surface area contributed by atoms with Gasteiger partial charge in [-0.1, -0.05) is 12.1 Å². The maximum absolute atomic E-state index is 14.9. The van der Waals surface area contributed by atoms with Crippen LogP contribution in [0.25, 0.3) is 10.9 Å². The molecule has 2 aromatic carbocycles. The normalized spacial score (nSPS) is 25.7. The van der Waals surface area contributed by atoms with Crippen molar-refractivity contribution in [2.24, 2.45) is 0 Å². The van der Waals surface area contributed by atoms with E-state index in [1.54, 1.807) is 22.8 Å². The van der Waals surface area contributed by atoms with Crippen molar-refractivity contribution in [3.8, 4) is 5.75 Å². The lowest BCUT2D eigenvalue weighted by Gasteiger charge is -2.40. The molecule has 1 fully saturated rings. The molecule has 0 amide bonds. The summed E-state index contributed by atoms with van der Waals surface area (Å²) in [7, 11) is 0. The summed E-state index contributed by atoms with van der Waals surface area (Å²) in [5.74, 6) is -0.670. The SMILES string of the molecule is CC(C)Oc1ccc(Cn2cc([C@@H]3O[C@H](CO)[C@@H](O)[C@H](O)[C@H]3O)c3c(F)cccc32)c(F)c1. The number of aromatic nitrogens is 1. The highest BCUT2D eigenvalue weighted by molar-refractivity contribution is 5.85. The summed E-state index contributed by atoms with van der Waals surface area (Å²) in [4.78, 5) is 0. The molecule has 2 heterocycles. The third kappa shape index (κ3) is 4.47. The number of fused-ring (bicyclic) bond motifs is 1. The van der Waals surface area contributed by atoms with Crippen LogP contribution in [0, 0.1) is 11.6 Å². The topological polar surface area (TPSA) is 104 Å². The summed E-state index contributed by atoms with van der Waals surface area (Å²) in [6.07, 6.45) is -5.62. The van der Waals surface area contributed by atoms with Gasteiger partial charge in [-0.15, -0.1) is 0 Å². The van der Waals surface area contributed by atoms with Crippen LogP contribution in [0.4, 0.5) is 8.78 Å². The monoisotopic (exact) mass is 463 g/mol. The predicted molar refractivity (Wildman–Crippen MR) is 116 cm³/mol. The molecule has 1 aromatic heterocycles. The summed E-state index contributed by atoms with van der Waals surface area (Å²) in [5.41, 5.74) is 0.997. The standard InChI is InChI=1S/C24H27F2NO6/c1-12(2)32-14-7-6-13(17(26)8-14)9-27-10-15(20-16(25)4-3-5-18(20)27)24-23(31)22(30)21(29)19(11-28)33-24/h3-8,10,12,19,21-24,28-31H,9,11H2,1-2H3/t19-,21-,22+,23-,24+/m1/s1. The second-order valence-electron chi connectivity index (χ2n) is 8.52. The van der Waals surface area contributed by atoms with E-state index in [-0.39, 0.29) is 23.6 Å². The Morgan fingerprint density at radius 1 is 1.03 bits per heavy atom. The van der Waals surface area contributed by atoms with Crippen LogP contribution in [0.1, 0.15) is 31.1 Å². The Morgan fingerprint density at radius 3 is 2.45 bits per heavy atom. The number of ether oxygens (including phenoxy) is 2. The number of nitrogens with zero attached hydrogens (tertiary/aromatic N) is 1. The minimum absolute atomic E-state index is 0.0607. The van der Waals surface area contributed by atoms with E-state index in [2.05, 4.69) is 0 Å². The number of aliphatic hydroxyl groups excluding tert-OH is 4. The highest BCUT2D eigenvalue weighted by Crippen LogP contribution is 2.38. The average Bonchev–Trinajstić information content (AvgIpc) is 3.13. The highest BCUT2D eigenvalue weighted by atomic mass is 19.1. The van der Waals surface area contributed by atoms with Gasteiger partial charge in [-0.2, -0.15) is 0 Å². The summed E-state index contributed by atoms with van der Waals surface area (Å²) < 4.78 is 42.4. The van der Waals surface area contributed by atoms with Crippen molar-refractivity contribution in [2.45, 2.75) is 57.0 Å². The molecule has 4 rings (SSSR count). The number of hydrogen-bond acceptors (Lipinski definition) is 6. The fraction of sp³-hybridized carbons (Fsp3) is 0.417. The minimum Gasteiger partial charge on any atom is -0.491 e. The van der Waals surface area contributed by atoms with Gasteiger partial charge in [0.1, 0.15) is 47.9 Å². The summed E-state index contributed by atoms with van der Waals surface area (Å²) >= 11 is 0. The van der Waals surface area contributed by atoms with Crippen molar-refractivity contribution in [1.82, 2.24) is 4.57 Å². The molecular weight excluding hydrogens is 436 g/mol. The molecule has 7 nitrogen and oxygen atoms in total. The molecule has 5 atom stereocenters. The van der Waals surface area contributed by atoms with Gasteiger partial charge in [0.05, 0.1) is 24.8 Å². The summed E-state index contributed by atoms with van der Waals surface area (Å²) in [6.45, 7) is 3.14. The van der Waals surface area contributed by atoms with Crippen molar-refractivity contribution in [3.63, 3.8) is 0 Å². The Hall–Kier alpha value is -2.56. The molecular formula is C24H27F2NO6. The van der Waals surface area contributed by atoms with Crippen molar-refractivity contribution in [1.29, 1.82) is 0 Å². The Bertz CT molecular complexity index is 1130. The zero-order chi connectivity index (χ0) is 23.9. The average molecular weight is 463 g/mol. The zero-order valence-electron chi connectivity index (χ0n) is 18.2. The predicted octanol–water partition coefficient (Wildman–Crippen LogP) is 2.27. The Kier molecular flexibility index (Phi) is 6.69. The lowest BCUT2D eigenvalue weighted by Crippen LogP contribution is -2.55. The molecule has 0 spiro atoms. The van der Waals surface area contributed by atoms with Gasteiger partial charge in [0, 0.05) is 28.8 Å². The van der Waals surface area contributed by atoms with E-state index >= 15 is 0 Å². The molecule has 0 bridgehead atoms. The number of halogens is 2. The Labute approximate surface area is 189 Å². The van der Waals surface area contributed by atoms with Crippen LogP contribution in [0.5, 0.6) is 5.75 Å². The number of hydrogen-bond donors (Lipinski definition) is 4. The second kappa shape index (κ2) is 9.36. The van der Waals surface area contributed by atoms with Crippen molar-refractivity contribution in [3.05, 3.63) is 65.4 Å². The lowest BCUT2D eigenvalue weighted by molar-refractivity contribution is -0.231. The molecule has 178 valence electrons. The van der Waals surface area contributed by atoms with Crippen LogP contribution < -0.4 is 4.74 Å². The van der Waals surface area contributed by atoms with Crippen LogP contribution in [-0.4, -0.2) is 62.1 Å². The summed E-state index contributed by atoms with van der Waals surface area (Å²) in [6, 6.07) is 8.95. The van der Waals surface area contributed by atoms with E-state index in [0.29, 0.717) is 16.8 Å². The molecule has 1 aliphatic heterocycles. The van der Waals surface area contributed by atoms with E-state index in [0.717, 1.165) is 0 Å². The van der Waals surface area contributed by atoms with E-state index < -0.39 is 48.8 Å². The van der Waals surface area contributed by atoms with Gasteiger partial charge >= 0.3 is 0 Å². The van der Waals surface area contributed by atoms with E-state index in [1.807, 2.05) is 13.8 Å². The first-order valence-corrected chi connectivity index (χ1v) is 10.7. The van der Waals surface area contributed by atoms with Crippen LogP contribution in [0.2, 0.25) is 0 Å². The molecule has 1 aliphatic rings. The minimum atomic E-state index is -1.60. The van der Waals surface area contributed by atoms with Crippen molar-refractivity contribution in [2.75, 3.05) is 6.61 Å². The first kappa shape index (κ1) is 23.6. The van der Waals surface area contributed by atoms with Crippen LogP contribution in [0.3, 0.4) is 0 Å². The molecule has 33 heavy (non-hydrogen) atoms. The highest BCUT2D eigenvalue weighted by Gasteiger charge is 2.45. The smallest absolute Gasteiger partial charge is 0.132 e. The lowest BCUT2D eigenvalue weighted by atomic mass is 9.91. The number of aliphatic hydroxyl groups is 4. The molecule has 4 N–H and O–H groups in total. The first-order valence-electron chi connectivity index (χ1n) is 10.7. The maximum atomic E-state index is 14.9. The fourth-order valence-electron chi connectivity index (χ4n) is 4.23. The molecule has 0 saturated carbocycles. The van der Waals surface area contributed by atoms with Gasteiger partial charge in [-0.25, -0.2) is 8.78 Å². The third-order valence-corrected chi connectivity index (χ3v) is 5.82.